The highest BCUT2D eigenvalue weighted by molar-refractivity contribution is 6.25. The fourth-order valence-electron chi connectivity index (χ4n) is 2.48. The van der Waals surface area contributed by atoms with Crippen LogP contribution < -0.4 is 10.4 Å². The Morgan fingerprint density at radius 2 is 1.67 bits per heavy atom. The summed E-state index contributed by atoms with van der Waals surface area (Å²) in [5.74, 6) is -3.84. The lowest BCUT2D eigenvalue weighted by Gasteiger charge is -2.11. The normalized spacial score (nSPS) is 15.8. The van der Waals surface area contributed by atoms with Gasteiger partial charge in [0.25, 0.3) is 0 Å². The fourth-order valence-corrected chi connectivity index (χ4v) is 2.48. The SMILES string of the molecule is O=C([O-])C1=C(Nc2ccccc2)O/C(=C\c2ccccc2C(F)(F)F)C1=O. The van der Waals surface area contributed by atoms with Gasteiger partial charge in [0.05, 0.1) is 11.5 Å². The molecule has 0 aliphatic carbocycles. The number of hydrogen-bond acceptors (Lipinski definition) is 5. The summed E-state index contributed by atoms with van der Waals surface area (Å²) in [4.78, 5) is 23.6. The van der Waals surface area contributed by atoms with Crippen LogP contribution in [-0.4, -0.2) is 11.8 Å². The zero-order chi connectivity index (χ0) is 19.6. The number of hydrogen-bond donors (Lipinski definition) is 1. The predicted molar refractivity (Wildman–Crippen MR) is 87.6 cm³/mol. The molecule has 0 spiro atoms. The van der Waals surface area contributed by atoms with Crippen LogP contribution in [-0.2, 0) is 20.5 Å². The van der Waals surface area contributed by atoms with Crippen LogP contribution >= 0.6 is 0 Å². The number of rotatable bonds is 4. The van der Waals surface area contributed by atoms with E-state index in [0.29, 0.717) is 5.69 Å². The number of halogens is 3. The van der Waals surface area contributed by atoms with Crippen molar-refractivity contribution in [1.29, 1.82) is 0 Å². The quantitative estimate of drug-likeness (QED) is 0.658. The van der Waals surface area contributed by atoms with Crippen LogP contribution in [0, 0.1) is 0 Å². The third kappa shape index (κ3) is 3.84. The number of carbonyl (C=O) groups is 2. The molecule has 138 valence electrons. The van der Waals surface area contributed by atoms with E-state index in [0.717, 1.165) is 18.2 Å². The summed E-state index contributed by atoms with van der Waals surface area (Å²) in [5.41, 5.74) is -1.68. The van der Waals surface area contributed by atoms with Crippen LogP contribution in [0.15, 0.2) is 71.8 Å². The van der Waals surface area contributed by atoms with Crippen molar-refractivity contribution in [3.63, 3.8) is 0 Å². The maximum Gasteiger partial charge on any atom is 0.416 e. The Bertz CT molecular complexity index is 962. The van der Waals surface area contributed by atoms with E-state index in [4.69, 9.17) is 4.74 Å². The van der Waals surface area contributed by atoms with Crippen molar-refractivity contribution in [2.45, 2.75) is 6.18 Å². The monoisotopic (exact) mass is 374 g/mol. The number of anilines is 1. The topological polar surface area (TPSA) is 78.5 Å². The third-order valence-electron chi connectivity index (χ3n) is 3.68. The molecular formula is C19H11F3NO4-. The van der Waals surface area contributed by atoms with E-state index in [-0.39, 0.29) is 5.56 Å². The van der Waals surface area contributed by atoms with Crippen LogP contribution in [0.25, 0.3) is 6.08 Å². The number of benzene rings is 2. The summed E-state index contributed by atoms with van der Waals surface area (Å²) >= 11 is 0. The molecule has 27 heavy (non-hydrogen) atoms. The lowest BCUT2D eigenvalue weighted by molar-refractivity contribution is -0.298. The van der Waals surface area contributed by atoms with Crippen LogP contribution in [0.2, 0.25) is 0 Å². The Hall–Kier alpha value is -3.55. The zero-order valence-electron chi connectivity index (χ0n) is 13.5. The second kappa shape index (κ2) is 6.99. The Morgan fingerprint density at radius 1 is 1.04 bits per heavy atom. The number of carboxylic acid groups (broad SMARTS) is 1. The standard InChI is InChI=1S/C19H12F3NO4/c20-19(21,22)13-9-5-4-6-11(13)10-14-16(24)15(18(25)26)17(27-14)23-12-7-2-1-3-8-12/h1-10,23H,(H,25,26)/p-1/b14-10-. The van der Waals surface area contributed by atoms with E-state index < -0.39 is 40.7 Å². The molecule has 8 heteroatoms. The van der Waals surface area contributed by atoms with Gasteiger partial charge in [-0.25, -0.2) is 0 Å². The van der Waals surface area contributed by atoms with Gasteiger partial charge in [0.2, 0.25) is 11.7 Å². The third-order valence-corrected chi connectivity index (χ3v) is 3.68. The number of aliphatic carboxylic acids is 1. The molecule has 1 aliphatic heterocycles. The minimum atomic E-state index is -4.65. The van der Waals surface area contributed by atoms with Gasteiger partial charge in [-0.2, -0.15) is 13.2 Å². The molecule has 1 heterocycles. The molecule has 0 fully saturated rings. The fraction of sp³-hybridized carbons (Fsp3) is 0.0526. The van der Waals surface area contributed by atoms with E-state index in [9.17, 15) is 27.9 Å². The molecule has 0 bridgehead atoms. The number of Topliss-reactive ketones (excluding diaryl/α,β-unsaturated/α-hetero) is 1. The van der Waals surface area contributed by atoms with Crippen LogP contribution in [0.1, 0.15) is 11.1 Å². The summed E-state index contributed by atoms with van der Waals surface area (Å²) in [6.45, 7) is 0. The molecular weight excluding hydrogens is 363 g/mol. The van der Waals surface area contributed by atoms with Crippen molar-refractivity contribution >= 4 is 23.5 Å². The van der Waals surface area contributed by atoms with Crippen molar-refractivity contribution < 1.29 is 32.6 Å². The van der Waals surface area contributed by atoms with E-state index in [2.05, 4.69) is 5.32 Å². The summed E-state index contributed by atoms with van der Waals surface area (Å²) < 4.78 is 44.5. The van der Waals surface area contributed by atoms with E-state index in [1.54, 1.807) is 30.3 Å². The number of ether oxygens (including phenoxy) is 1. The molecule has 0 radical (unpaired) electrons. The summed E-state index contributed by atoms with van der Waals surface area (Å²) in [6.07, 6.45) is -3.79. The predicted octanol–water partition coefficient (Wildman–Crippen LogP) is 2.72. The van der Waals surface area contributed by atoms with Gasteiger partial charge in [0.1, 0.15) is 5.57 Å². The maximum atomic E-state index is 13.1. The lowest BCUT2D eigenvalue weighted by Crippen LogP contribution is -2.28. The average Bonchev–Trinajstić information content (AvgIpc) is 2.90. The molecule has 0 aromatic heterocycles. The first-order valence-electron chi connectivity index (χ1n) is 7.65. The van der Waals surface area contributed by atoms with Crippen molar-refractivity contribution in [3.8, 4) is 0 Å². The summed E-state index contributed by atoms with van der Waals surface area (Å²) in [5, 5.41) is 13.9. The number of nitrogens with one attached hydrogen (secondary N) is 1. The minimum absolute atomic E-state index is 0.327. The zero-order valence-corrected chi connectivity index (χ0v) is 13.5. The molecule has 5 nitrogen and oxygen atoms in total. The molecule has 0 unspecified atom stereocenters. The minimum Gasteiger partial charge on any atom is -0.544 e. The number of ketones is 1. The van der Waals surface area contributed by atoms with Crippen molar-refractivity contribution in [3.05, 3.63) is 82.9 Å². The summed E-state index contributed by atoms with van der Waals surface area (Å²) in [7, 11) is 0. The average molecular weight is 374 g/mol. The maximum absolute atomic E-state index is 13.1. The number of carboxylic acids is 1. The second-order valence-corrected chi connectivity index (χ2v) is 5.51. The Balaban J connectivity index is 1.98. The first-order chi connectivity index (χ1) is 12.8. The number of para-hydroxylation sites is 1. The van der Waals surface area contributed by atoms with Crippen molar-refractivity contribution in [1.82, 2.24) is 0 Å². The van der Waals surface area contributed by atoms with Crippen molar-refractivity contribution in [2.24, 2.45) is 0 Å². The van der Waals surface area contributed by atoms with Gasteiger partial charge in [-0.3, -0.25) is 4.79 Å². The molecule has 0 saturated heterocycles. The molecule has 2 aromatic rings. The lowest BCUT2D eigenvalue weighted by atomic mass is 10.0. The summed E-state index contributed by atoms with van der Waals surface area (Å²) in [6, 6.07) is 12.8. The second-order valence-electron chi connectivity index (χ2n) is 5.51. The van der Waals surface area contributed by atoms with Gasteiger partial charge in [0.15, 0.2) is 5.76 Å². The van der Waals surface area contributed by atoms with E-state index in [1.807, 2.05) is 0 Å². The molecule has 3 rings (SSSR count). The molecule has 1 aliphatic rings. The highest BCUT2D eigenvalue weighted by Gasteiger charge is 2.35. The van der Waals surface area contributed by atoms with Gasteiger partial charge in [0, 0.05) is 5.69 Å². The van der Waals surface area contributed by atoms with Crippen LogP contribution in [0.3, 0.4) is 0 Å². The van der Waals surface area contributed by atoms with E-state index >= 15 is 0 Å². The first kappa shape index (κ1) is 18.2. The van der Waals surface area contributed by atoms with E-state index in [1.165, 1.54) is 12.1 Å². The highest BCUT2D eigenvalue weighted by atomic mass is 19.4. The number of allylic oxidation sites excluding steroid dienone is 1. The van der Waals surface area contributed by atoms with Crippen LogP contribution in [0.4, 0.5) is 18.9 Å². The van der Waals surface area contributed by atoms with Crippen LogP contribution in [0.5, 0.6) is 0 Å². The number of alkyl halides is 3. The smallest absolute Gasteiger partial charge is 0.416 e. The van der Waals surface area contributed by atoms with Gasteiger partial charge in [-0.15, -0.1) is 0 Å². The highest BCUT2D eigenvalue weighted by Crippen LogP contribution is 2.34. The molecule has 2 aromatic carbocycles. The Kier molecular flexibility index (Phi) is 4.72. The molecule has 1 N–H and O–H groups in total. The largest absolute Gasteiger partial charge is 0.544 e. The molecule has 0 saturated carbocycles. The molecule has 0 amide bonds. The van der Waals surface area contributed by atoms with Gasteiger partial charge >= 0.3 is 6.18 Å². The Morgan fingerprint density at radius 3 is 2.30 bits per heavy atom. The number of carbonyl (C=O) groups excluding carboxylic acids is 2. The van der Waals surface area contributed by atoms with Gasteiger partial charge in [-0.05, 0) is 29.8 Å². The van der Waals surface area contributed by atoms with Gasteiger partial charge < -0.3 is 20.0 Å². The first-order valence-corrected chi connectivity index (χ1v) is 7.65. The Labute approximate surface area is 151 Å². The van der Waals surface area contributed by atoms with Crippen molar-refractivity contribution in [2.75, 3.05) is 5.32 Å². The molecule has 0 atom stereocenters. The van der Waals surface area contributed by atoms with Gasteiger partial charge in [-0.1, -0.05) is 36.4 Å².